The zero-order valence-electron chi connectivity index (χ0n) is 13.4. The number of aliphatic imine (C=N–C) groups is 1. The van der Waals surface area contributed by atoms with E-state index in [9.17, 15) is 0 Å². The Bertz CT molecular complexity index is 598. The van der Waals surface area contributed by atoms with Crippen LogP contribution in [0, 0.1) is 5.92 Å². The minimum absolute atomic E-state index is 0. The molecule has 1 heterocycles. The first kappa shape index (κ1) is 17.8. The largest absolute Gasteiger partial charge is 0.469 e. The smallest absolute Gasteiger partial charge is 0.191 e. The molecule has 1 aliphatic carbocycles. The lowest BCUT2D eigenvalue weighted by atomic mass is 10.2. The van der Waals surface area contributed by atoms with Gasteiger partial charge in [0.05, 0.1) is 12.8 Å². The highest BCUT2D eigenvalue weighted by molar-refractivity contribution is 14.0. The number of benzene rings is 1. The maximum absolute atomic E-state index is 5.35. The molecule has 0 saturated heterocycles. The van der Waals surface area contributed by atoms with Gasteiger partial charge in [0.15, 0.2) is 5.96 Å². The van der Waals surface area contributed by atoms with Gasteiger partial charge in [0.2, 0.25) is 0 Å². The molecule has 1 aromatic heterocycles. The predicted octanol–water partition coefficient (Wildman–Crippen LogP) is 3.58. The Hall–Kier alpha value is -1.50. The summed E-state index contributed by atoms with van der Waals surface area (Å²) in [5, 5.41) is 6.90. The molecule has 2 aromatic rings. The van der Waals surface area contributed by atoms with Gasteiger partial charge in [-0.2, -0.15) is 0 Å². The molecule has 2 atom stereocenters. The molecular formula is C18H24IN3O. The molecule has 1 fully saturated rings. The zero-order chi connectivity index (χ0) is 15.2. The fourth-order valence-corrected chi connectivity index (χ4v) is 2.36. The van der Waals surface area contributed by atoms with E-state index in [1.807, 2.05) is 30.3 Å². The van der Waals surface area contributed by atoms with Crippen molar-refractivity contribution in [2.75, 3.05) is 6.54 Å². The van der Waals surface area contributed by atoms with E-state index in [2.05, 4.69) is 29.7 Å². The molecule has 1 saturated carbocycles. The van der Waals surface area contributed by atoms with Gasteiger partial charge >= 0.3 is 0 Å². The third-order valence-electron chi connectivity index (χ3n) is 3.94. The van der Waals surface area contributed by atoms with Crippen molar-refractivity contribution in [3.8, 4) is 0 Å². The van der Waals surface area contributed by atoms with E-state index in [0.29, 0.717) is 12.6 Å². The van der Waals surface area contributed by atoms with E-state index in [1.165, 1.54) is 12.0 Å². The molecular weight excluding hydrogens is 401 g/mol. The van der Waals surface area contributed by atoms with Crippen LogP contribution in [0.2, 0.25) is 0 Å². The molecule has 2 N–H and O–H groups in total. The molecule has 3 rings (SSSR count). The molecule has 0 spiro atoms. The average molecular weight is 425 g/mol. The van der Waals surface area contributed by atoms with Crippen LogP contribution in [0.15, 0.2) is 58.1 Å². The van der Waals surface area contributed by atoms with Crippen LogP contribution in [0.5, 0.6) is 0 Å². The van der Waals surface area contributed by atoms with E-state index < -0.39 is 0 Å². The Morgan fingerprint density at radius 2 is 2.00 bits per heavy atom. The van der Waals surface area contributed by atoms with Gasteiger partial charge in [-0.15, -0.1) is 24.0 Å². The summed E-state index contributed by atoms with van der Waals surface area (Å²) in [5.74, 6) is 2.63. The van der Waals surface area contributed by atoms with Crippen molar-refractivity contribution in [2.24, 2.45) is 10.9 Å². The second-order valence-electron chi connectivity index (χ2n) is 5.87. The summed E-state index contributed by atoms with van der Waals surface area (Å²) in [7, 11) is 0. The van der Waals surface area contributed by atoms with Crippen molar-refractivity contribution in [1.29, 1.82) is 0 Å². The van der Waals surface area contributed by atoms with Gasteiger partial charge in [0.1, 0.15) is 5.76 Å². The van der Waals surface area contributed by atoms with Gasteiger partial charge in [-0.3, -0.25) is 0 Å². The number of halogens is 1. The van der Waals surface area contributed by atoms with Crippen molar-refractivity contribution in [3.63, 3.8) is 0 Å². The predicted molar refractivity (Wildman–Crippen MR) is 104 cm³/mol. The van der Waals surface area contributed by atoms with Gasteiger partial charge in [0, 0.05) is 19.0 Å². The number of guanidine groups is 1. The topological polar surface area (TPSA) is 49.6 Å². The fraction of sp³-hybridized carbons (Fsp3) is 0.389. The lowest BCUT2D eigenvalue weighted by Crippen LogP contribution is -2.40. The minimum Gasteiger partial charge on any atom is -0.469 e. The van der Waals surface area contributed by atoms with Gasteiger partial charge in [-0.05, 0) is 30.0 Å². The Balaban J connectivity index is 0.00000192. The van der Waals surface area contributed by atoms with Crippen molar-refractivity contribution in [2.45, 2.75) is 32.4 Å². The second-order valence-corrected chi connectivity index (χ2v) is 5.87. The van der Waals surface area contributed by atoms with Crippen molar-refractivity contribution in [3.05, 3.63) is 60.1 Å². The number of nitrogens with one attached hydrogen (secondary N) is 2. The van der Waals surface area contributed by atoms with Crippen LogP contribution in [0.25, 0.3) is 0 Å². The van der Waals surface area contributed by atoms with Gasteiger partial charge in [0.25, 0.3) is 0 Å². The number of hydrogen-bond donors (Lipinski definition) is 2. The number of rotatable bonds is 6. The first-order valence-electron chi connectivity index (χ1n) is 7.92. The van der Waals surface area contributed by atoms with Crippen LogP contribution < -0.4 is 10.6 Å². The maximum atomic E-state index is 5.35. The van der Waals surface area contributed by atoms with Crippen LogP contribution in [0.1, 0.15) is 24.7 Å². The van der Waals surface area contributed by atoms with Crippen LogP contribution in [-0.4, -0.2) is 18.5 Å². The van der Waals surface area contributed by atoms with Crippen LogP contribution >= 0.6 is 24.0 Å². The fourth-order valence-electron chi connectivity index (χ4n) is 2.36. The summed E-state index contributed by atoms with van der Waals surface area (Å²) in [5.41, 5.74) is 1.22. The summed E-state index contributed by atoms with van der Waals surface area (Å²) in [4.78, 5) is 4.69. The number of furan rings is 1. The molecule has 0 bridgehead atoms. The van der Waals surface area contributed by atoms with E-state index in [1.54, 1.807) is 6.26 Å². The first-order chi connectivity index (χ1) is 10.8. The molecule has 0 amide bonds. The molecule has 23 heavy (non-hydrogen) atoms. The highest BCUT2D eigenvalue weighted by Gasteiger charge is 2.33. The third-order valence-corrected chi connectivity index (χ3v) is 3.94. The molecule has 1 aromatic carbocycles. The summed E-state index contributed by atoms with van der Waals surface area (Å²) >= 11 is 0. The van der Waals surface area contributed by atoms with E-state index in [0.717, 1.165) is 30.6 Å². The Kier molecular flexibility index (Phi) is 6.95. The average Bonchev–Trinajstić information content (AvgIpc) is 3.01. The highest BCUT2D eigenvalue weighted by atomic mass is 127. The highest BCUT2D eigenvalue weighted by Crippen LogP contribution is 2.28. The Morgan fingerprint density at radius 3 is 2.65 bits per heavy atom. The van der Waals surface area contributed by atoms with Gasteiger partial charge in [-0.1, -0.05) is 37.3 Å². The lowest BCUT2D eigenvalue weighted by molar-refractivity contribution is 0.506. The van der Waals surface area contributed by atoms with Crippen LogP contribution in [0.3, 0.4) is 0 Å². The molecule has 0 aliphatic heterocycles. The summed E-state index contributed by atoms with van der Waals surface area (Å²) in [6.45, 7) is 3.77. The zero-order valence-corrected chi connectivity index (χ0v) is 15.7. The van der Waals surface area contributed by atoms with Crippen LogP contribution in [-0.2, 0) is 13.0 Å². The van der Waals surface area contributed by atoms with E-state index >= 15 is 0 Å². The Labute approximate surface area is 154 Å². The Morgan fingerprint density at radius 1 is 1.22 bits per heavy atom. The molecule has 4 nitrogen and oxygen atoms in total. The maximum Gasteiger partial charge on any atom is 0.191 e. The third kappa shape index (κ3) is 5.89. The van der Waals surface area contributed by atoms with Gasteiger partial charge < -0.3 is 15.1 Å². The van der Waals surface area contributed by atoms with Crippen molar-refractivity contribution < 1.29 is 4.42 Å². The van der Waals surface area contributed by atoms with Crippen LogP contribution in [0.4, 0.5) is 0 Å². The molecule has 1 aliphatic rings. The van der Waals surface area contributed by atoms with Gasteiger partial charge in [-0.25, -0.2) is 4.99 Å². The molecule has 5 heteroatoms. The number of nitrogens with zero attached hydrogens (tertiary/aromatic N) is 1. The van der Waals surface area contributed by atoms with Crippen molar-refractivity contribution in [1.82, 2.24) is 10.6 Å². The molecule has 2 unspecified atom stereocenters. The standard InChI is InChI=1S/C18H23N3O.HI/c1-14-12-17(14)21-18(19-10-9-16-8-5-11-22-16)20-13-15-6-3-2-4-7-15;/h2-8,11,14,17H,9-10,12-13H2,1H3,(H2,19,20,21);1H. The minimum atomic E-state index is 0. The van der Waals surface area contributed by atoms with Crippen molar-refractivity contribution >= 4 is 29.9 Å². The number of hydrogen-bond acceptors (Lipinski definition) is 2. The normalized spacial score (nSPS) is 19.8. The summed E-state index contributed by atoms with van der Waals surface area (Å²) in [6, 6.07) is 14.8. The quantitative estimate of drug-likeness (QED) is 0.423. The lowest BCUT2D eigenvalue weighted by Gasteiger charge is -2.12. The molecule has 124 valence electrons. The second kappa shape index (κ2) is 8.96. The summed E-state index contributed by atoms with van der Waals surface area (Å²) in [6.07, 6.45) is 3.80. The van der Waals surface area contributed by atoms with E-state index in [4.69, 9.17) is 9.41 Å². The monoisotopic (exact) mass is 425 g/mol. The molecule has 0 radical (unpaired) electrons. The first-order valence-corrected chi connectivity index (χ1v) is 7.92. The van der Waals surface area contributed by atoms with E-state index in [-0.39, 0.29) is 24.0 Å². The summed E-state index contributed by atoms with van der Waals surface area (Å²) < 4.78 is 5.35. The SMILES string of the molecule is CC1CC1NC(=NCc1ccccc1)NCCc1ccco1.I.